The molecule has 2 saturated heterocycles. The Morgan fingerprint density at radius 3 is 2.27 bits per heavy atom. The molecule has 1 aromatic rings. The zero-order valence-electron chi connectivity index (χ0n) is 15.5. The summed E-state index contributed by atoms with van der Waals surface area (Å²) in [5.41, 5.74) is 0.123. The third-order valence-electron chi connectivity index (χ3n) is 5.42. The summed E-state index contributed by atoms with van der Waals surface area (Å²) in [6.45, 7) is 5.62. The van der Waals surface area contributed by atoms with Crippen LogP contribution in [0.5, 0.6) is 0 Å². The smallest absolute Gasteiger partial charge is 0.161 e. The Labute approximate surface area is 155 Å². The molecule has 2 aliphatic heterocycles. The fourth-order valence-corrected chi connectivity index (χ4v) is 4.91. The van der Waals surface area contributed by atoms with E-state index in [1.165, 1.54) is 0 Å². The minimum absolute atomic E-state index is 0.123. The summed E-state index contributed by atoms with van der Waals surface area (Å²) in [6.07, 6.45) is 4.27. The number of benzene rings is 1. The topological polar surface area (TPSA) is 41.1 Å². The van der Waals surface area contributed by atoms with Crippen LogP contribution in [0.25, 0.3) is 0 Å². The molecular formula is C19H27F3N2OS. The summed E-state index contributed by atoms with van der Waals surface area (Å²) >= 11 is 0. The van der Waals surface area contributed by atoms with E-state index >= 15 is 0 Å². The quantitative estimate of drug-likeness (QED) is 0.757. The Hall–Kier alpha value is -0.920. The largest absolute Gasteiger partial charge is 0.311 e. The molecule has 5 atom stereocenters. The molecule has 3 rings (SSSR count). The van der Waals surface area contributed by atoms with Crippen molar-refractivity contribution in [1.29, 1.82) is 0 Å². The highest BCUT2D eigenvalue weighted by Gasteiger charge is 2.38. The summed E-state index contributed by atoms with van der Waals surface area (Å²) in [4.78, 5) is 0. The lowest BCUT2D eigenvalue weighted by Crippen LogP contribution is -2.50. The molecule has 1 aromatic carbocycles. The van der Waals surface area contributed by atoms with Gasteiger partial charge in [0, 0.05) is 24.2 Å². The first kappa shape index (κ1) is 19.8. The first-order chi connectivity index (χ1) is 12.1. The molecule has 0 radical (unpaired) electrons. The average molecular weight is 388 g/mol. The van der Waals surface area contributed by atoms with Gasteiger partial charge in [0.2, 0.25) is 0 Å². The van der Waals surface area contributed by atoms with E-state index in [-0.39, 0.29) is 23.9 Å². The highest BCUT2D eigenvalue weighted by molar-refractivity contribution is 7.84. The van der Waals surface area contributed by atoms with Gasteiger partial charge in [0.05, 0.1) is 15.7 Å². The third kappa shape index (κ3) is 4.49. The van der Waals surface area contributed by atoms with Crippen LogP contribution in [0.2, 0.25) is 0 Å². The number of hydrogen-bond acceptors (Lipinski definition) is 2. The maximum atomic E-state index is 14.2. The predicted octanol–water partition coefficient (Wildman–Crippen LogP) is 3.60. The third-order valence-corrected chi connectivity index (χ3v) is 7.05. The second-order valence-corrected chi connectivity index (χ2v) is 10.5. The fraction of sp³-hybridized carbons (Fsp3) is 0.684. The summed E-state index contributed by atoms with van der Waals surface area (Å²) in [5.74, 6) is -2.78. The van der Waals surface area contributed by atoms with Gasteiger partial charge in [-0.2, -0.15) is 0 Å². The van der Waals surface area contributed by atoms with Crippen LogP contribution in [-0.4, -0.2) is 27.1 Å². The normalized spacial score (nSPS) is 28.2. The SMILES string of the molecule is CC(C)(C)[S@](=O)N[C@@H](Cc1cc(F)c(F)cc1F)C1C[C@H]2CC[C@@H](C1)N2. The van der Waals surface area contributed by atoms with E-state index in [0.717, 1.165) is 31.7 Å². The fourth-order valence-electron chi connectivity index (χ4n) is 4.01. The Morgan fingerprint density at radius 1 is 1.12 bits per heavy atom. The molecule has 146 valence electrons. The summed E-state index contributed by atoms with van der Waals surface area (Å²) < 4.78 is 56.4. The Bertz CT molecular complexity index is 680. The molecule has 1 unspecified atom stereocenters. The monoisotopic (exact) mass is 388 g/mol. The number of piperidine rings is 1. The van der Waals surface area contributed by atoms with Gasteiger partial charge in [-0.3, -0.25) is 0 Å². The van der Waals surface area contributed by atoms with Crippen LogP contribution in [0.4, 0.5) is 13.2 Å². The predicted molar refractivity (Wildman–Crippen MR) is 97.5 cm³/mol. The van der Waals surface area contributed by atoms with Crippen LogP contribution >= 0.6 is 0 Å². The van der Waals surface area contributed by atoms with Gasteiger partial charge in [0.1, 0.15) is 5.82 Å². The minimum Gasteiger partial charge on any atom is -0.311 e. The molecule has 0 aromatic heterocycles. The first-order valence-electron chi connectivity index (χ1n) is 9.21. The number of fused-ring (bicyclic) bond motifs is 2. The Kier molecular flexibility index (Phi) is 5.80. The standard InChI is InChI=1S/C19H27F3N2OS/c1-19(2,3)26(25)24-18(12-6-13-4-5-14(7-12)23-13)9-11-8-16(21)17(22)10-15(11)20/h8,10,12-14,18,23-24H,4-7,9H2,1-3H3/t12?,13-,14+,18-,26-/m0/s1. The zero-order valence-corrected chi connectivity index (χ0v) is 16.3. The summed E-state index contributed by atoms with van der Waals surface area (Å²) in [5, 5.41) is 3.56. The maximum Gasteiger partial charge on any atom is 0.161 e. The second-order valence-electron chi connectivity index (χ2n) is 8.54. The molecule has 2 aliphatic rings. The van der Waals surface area contributed by atoms with E-state index in [0.29, 0.717) is 18.2 Å². The van der Waals surface area contributed by atoms with Crippen molar-refractivity contribution in [2.24, 2.45) is 5.92 Å². The van der Waals surface area contributed by atoms with Gasteiger partial charge in [-0.15, -0.1) is 0 Å². The average Bonchev–Trinajstić information content (AvgIpc) is 2.88. The van der Waals surface area contributed by atoms with E-state index in [1.54, 1.807) is 0 Å². The zero-order chi connectivity index (χ0) is 19.1. The van der Waals surface area contributed by atoms with Gasteiger partial charge in [0.25, 0.3) is 0 Å². The first-order valence-corrected chi connectivity index (χ1v) is 10.4. The molecule has 2 heterocycles. The van der Waals surface area contributed by atoms with Crippen LogP contribution < -0.4 is 10.0 Å². The number of hydrogen-bond donors (Lipinski definition) is 2. The van der Waals surface area contributed by atoms with Crippen molar-refractivity contribution in [2.75, 3.05) is 0 Å². The van der Waals surface area contributed by atoms with Crippen LogP contribution in [-0.2, 0) is 17.4 Å². The summed E-state index contributed by atoms with van der Waals surface area (Å²) in [6, 6.07) is 2.13. The molecular weight excluding hydrogens is 361 g/mol. The Morgan fingerprint density at radius 2 is 1.69 bits per heavy atom. The lowest BCUT2D eigenvalue weighted by molar-refractivity contribution is 0.249. The molecule has 26 heavy (non-hydrogen) atoms. The molecule has 3 nitrogen and oxygen atoms in total. The van der Waals surface area contributed by atoms with E-state index in [2.05, 4.69) is 10.0 Å². The van der Waals surface area contributed by atoms with Gasteiger partial charge in [-0.05, 0) is 70.4 Å². The van der Waals surface area contributed by atoms with E-state index in [9.17, 15) is 17.4 Å². The molecule has 7 heteroatoms. The lowest BCUT2D eigenvalue weighted by atomic mass is 9.83. The Balaban J connectivity index is 1.83. The van der Waals surface area contributed by atoms with Crippen LogP contribution in [0.1, 0.15) is 52.0 Å². The molecule has 2 bridgehead atoms. The summed E-state index contributed by atoms with van der Waals surface area (Å²) in [7, 11) is -1.32. The lowest BCUT2D eigenvalue weighted by Gasteiger charge is -2.36. The van der Waals surface area contributed by atoms with Crippen LogP contribution in [0.15, 0.2) is 12.1 Å². The van der Waals surface area contributed by atoms with Gasteiger partial charge in [-0.1, -0.05) is 0 Å². The highest BCUT2D eigenvalue weighted by Crippen LogP contribution is 2.34. The van der Waals surface area contributed by atoms with Crippen molar-refractivity contribution in [3.05, 3.63) is 35.1 Å². The van der Waals surface area contributed by atoms with Crippen molar-refractivity contribution < 1.29 is 17.4 Å². The second kappa shape index (κ2) is 7.60. The van der Waals surface area contributed by atoms with Crippen molar-refractivity contribution >= 4 is 11.0 Å². The van der Waals surface area contributed by atoms with Gasteiger partial charge in [0.15, 0.2) is 11.6 Å². The van der Waals surface area contributed by atoms with Crippen molar-refractivity contribution in [3.8, 4) is 0 Å². The number of halogens is 3. The minimum atomic E-state index is -1.32. The van der Waals surface area contributed by atoms with Gasteiger partial charge < -0.3 is 5.32 Å². The number of rotatable bonds is 5. The van der Waals surface area contributed by atoms with E-state index in [4.69, 9.17) is 0 Å². The number of nitrogens with one attached hydrogen (secondary N) is 2. The van der Waals surface area contributed by atoms with Crippen LogP contribution in [0, 0.1) is 23.4 Å². The molecule has 0 saturated carbocycles. The maximum absolute atomic E-state index is 14.2. The molecule has 0 spiro atoms. The van der Waals surface area contributed by atoms with E-state index < -0.39 is 33.2 Å². The molecule has 2 N–H and O–H groups in total. The van der Waals surface area contributed by atoms with Gasteiger partial charge >= 0.3 is 0 Å². The van der Waals surface area contributed by atoms with Crippen molar-refractivity contribution in [3.63, 3.8) is 0 Å². The van der Waals surface area contributed by atoms with Crippen molar-refractivity contribution in [2.45, 2.75) is 75.7 Å². The van der Waals surface area contributed by atoms with E-state index in [1.807, 2.05) is 20.8 Å². The van der Waals surface area contributed by atoms with Crippen molar-refractivity contribution in [1.82, 2.24) is 10.0 Å². The van der Waals surface area contributed by atoms with Crippen LogP contribution in [0.3, 0.4) is 0 Å². The van der Waals surface area contributed by atoms with Gasteiger partial charge in [-0.25, -0.2) is 22.1 Å². The molecule has 2 fully saturated rings. The highest BCUT2D eigenvalue weighted by atomic mass is 32.2. The molecule has 0 amide bonds. The molecule has 0 aliphatic carbocycles.